The van der Waals surface area contributed by atoms with E-state index in [0.717, 1.165) is 31.2 Å². The Morgan fingerprint density at radius 2 is 1.84 bits per heavy atom. The predicted octanol–water partition coefficient (Wildman–Crippen LogP) is 2.39. The fourth-order valence-corrected chi connectivity index (χ4v) is 4.51. The Labute approximate surface area is 148 Å². The van der Waals surface area contributed by atoms with E-state index in [0.29, 0.717) is 19.6 Å². The summed E-state index contributed by atoms with van der Waals surface area (Å²) >= 11 is 0. The highest BCUT2D eigenvalue weighted by Crippen LogP contribution is 2.43. The van der Waals surface area contributed by atoms with Crippen LogP contribution in [0.15, 0.2) is 30.3 Å². The number of benzene rings is 1. The third-order valence-corrected chi connectivity index (χ3v) is 5.92. The summed E-state index contributed by atoms with van der Waals surface area (Å²) in [7, 11) is 0. The maximum Gasteiger partial charge on any atom is 0.168 e. The van der Waals surface area contributed by atoms with E-state index in [1.807, 2.05) is 30.3 Å². The lowest BCUT2D eigenvalue weighted by molar-refractivity contribution is -0.195. The fourth-order valence-electron chi connectivity index (χ4n) is 4.51. The van der Waals surface area contributed by atoms with Crippen LogP contribution in [0.5, 0.6) is 0 Å². The van der Waals surface area contributed by atoms with Crippen LogP contribution in [-0.4, -0.2) is 47.0 Å². The van der Waals surface area contributed by atoms with Crippen molar-refractivity contribution in [3.63, 3.8) is 0 Å². The molecular formula is C20H28O5. The van der Waals surface area contributed by atoms with E-state index in [1.54, 1.807) is 0 Å². The molecule has 0 aromatic heterocycles. The predicted molar refractivity (Wildman–Crippen MR) is 91.8 cm³/mol. The molecule has 0 unspecified atom stereocenters. The van der Waals surface area contributed by atoms with E-state index in [-0.39, 0.29) is 12.0 Å². The van der Waals surface area contributed by atoms with Crippen molar-refractivity contribution in [3.8, 4) is 0 Å². The maximum atomic E-state index is 10.7. The smallest absolute Gasteiger partial charge is 0.168 e. The highest BCUT2D eigenvalue weighted by atomic mass is 16.7. The topological polar surface area (TPSA) is 68.2 Å². The second-order valence-electron chi connectivity index (χ2n) is 7.66. The summed E-state index contributed by atoms with van der Waals surface area (Å²) in [4.78, 5) is 0. The Kier molecular flexibility index (Phi) is 5.11. The first-order valence-corrected chi connectivity index (χ1v) is 9.50. The minimum absolute atomic E-state index is 0.142. The molecule has 5 nitrogen and oxygen atoms in total. The van der Waals surface area contributed by atoms with Crippen LogP contribution >= 0.6 is 0 Å². The van der Waals surface area contributed by atoms with Crippen LogP contribution in [0.1, 0.15) is 44.1 Å². The number of aliphatic hydroxyl groups excluding tert-OH is 2. The molecule has 5 heteroatoms. The van der Waals surface area contributed by atoms with Crippen LogP contribution in [0.3, 0.4) is 0 Å². The third-order valence-electron chi connectivity index (χ3n) is 5.92. The molecule has 1 aliphatic heterocycles. The summed E-state index contributed by atoms with van der Waals surface area (Å²) in [5.41, 5.74) is 1.03. The van der Waals surface area contributed by atoms with E-state index in [1.165, 1.54) is 6.42 Å². The number of hydrogen-bond acceptors (Lipinski definition) is 5. The van der Waals surface area contributed by atoms with Gasteiger partial charge in [0.2, 0.25) is 0 Å². The first-order chi connectivity index (χ1) is 12.2. The van der Waals surface area contributed by atoms with Gasteiger partial charge in [-0.15, -0.1) is 0 Å². The number of ether oxygens (including phenoxy) is 3. The Bertz CT molecular complexity index is 556. The highest BCUT2D eigenvalue weighted by Gasteiger charge is 2.52. The molecule has 138 valence electrons. The van der Waals surface area contributed by atoms with Gasteiger partial charge in [0.25, 0.3) is 0 Å². The van der Waals surface area contributed by atoms with E-state index in [2.05, 4.69) is 0 Å². The van der Waals surface area contributed by atoms with Crippen molar-refractivity contribution in [3.05, 3.63) is 35.9 Å². The van der Waals surface area contributed by atoms with Crippen molar-refractivity contribution >= 4 is 0 Å². The molecule has 3 fully saturated rings. The third kappa shape index (κ3) is 3.62. The van der Waals surface area contributed by atoms with Crippen molar-refractivity contribution < 1.29 is 24.4 Å². The summed E-state index contributed by atoms with van der Waals surface area (Å²) in [5, 5.41) is 21.1. The van der Waals surface area contributed by atoms with Crippen LogP contribution in [0.2, 0.25) is 0 Å². The molecule has 3 aliphatic rings. The molecule has 1 spiro atoms. The molecule has 2 N–H and O–H groups in total. The summed E-state index contributed by atoms with van der Waals surface area (Å²) in [6.07, 6.45) is 3.72. The molecule has 2 saturated carbocycles. The second kappa shape index (κ2) is 7.33. The second-order valence-corrected chi connectivity index (χ2v) is 7.66. The fraction of sp³-hybridized carbons (Fsp3) is 0.700. The lowest BCUT2D eigenvalue weighted by Gasteiger charge is -2.32. The first kappa shape index (κ1) is 17.4. The largest absolute Gasteiger partial charge is 0.390 e. The number of rotatable bonds is 4. The molecule has 1 heterocycles. The first-order valence-electron chi connectivity index (χ1n) is 9.50. The molecule has 1 aromatic rings. The van der Waals surface area contributed by atoms with Crippen molar-refractivity contribution in [2.45, 2.75) is 75.3 Å². The Morgan fingerprint density at radius 3 is 2.60 bits per heavy atom. The lowest BCUT2D eigenvalue weighted by Crippen LogP contribution is -2.39. The van der Waals surface area contributed by atoms with E-state index in [4.69, 9.17) is 14.2 Å². The average Bonchev–Trinajstić information content (AvgIpc) is 3.16. The number of aliphatic hydroxyl groups is 2. The van der Waals surface area contributed by atoms with Gasteiger partial charge < -0.3 is 24.4 Å². The molecule has 4 rings (SSSR count). The number of hydrogen-bond donors (Lipinski definition) is 2. The normalized spacial score (nSPS) is 37.6. The Hall–Kier alpha value is -0.980. The van der Waals surface area contributed by atoms with Gasteiger partial charge >= 0.3 is 0 Å². The van der Waals surface area contributed by atoms with Crippen molar-refractivity contribution in [2.24, 2.45) is 5.92 Å². The van der Waals surface area contributed by atoms with Crippen molar-refractivity contribution in [1.29, 1.82) is 0 Å². The SMILES string of the molecule is O[C@@H]1[C@@H]([C@H]2COC3(CCCCC3)O2)C[C@@H](O)[C@H]1OCc1ccccc1. The minimum Gasteiger partial charge on any atom is -0.390 e. The van der Waals surface area contributed by atoms with Gasteiger partial charge in [0.1, 0.15) is 6.10 Å². The molecule has 0 bridgehead atoms. The standard InChI is InChI=1S/C20H28O5/c21-16-11-15(17-13-24-20(25-17)9-5-2-6-10-20)18(22)19(16)23-12-14-7-3-1-4-8-14/h1,3-4,7-8,15-19,21-22H,2,5-6,9-13H2/t15-,16-,17-,18-,19-/m1/s1. The quantitative estimate of drug-likeness (QED) is 0.874. The minimum atomic E-state index is -0.731. The van der Waals surface area contributed by atoms with Crippen molar-refractivity contribution in [1.82, 2.24) is 0 Å². The summed E-state index contributed by atoms with van der Waals surface area (Å²) in [6, 6.07) is 9.82. The molecule has 0 amide bonds. The molecule has 25 heavy (non-hydrogen) atoms. The zero-order valence-corrected chi connectivity index (χ0v) is 14.5. The van der Waals surface area contributed by atoms with Crippen LogP contribution < -0.4 is 0 Å². The van der Waals surface area contributed by atoms with Gasteiger partial charge in [0, 0.05) is 18.8 Å². The van der Waals surface area contributed by atoms with Gasteiger partial charge in [-0.05, 0) is 24.8 Å². The average molecular weight is 348 g/mol. The molecule has 1 aromatic carbocycles. The zero-order chi connectivity index (χ0) is 17.3. The van der Waals surface area contributed by atoms with Gasteiger partial charge in [-0.25, -0.2) is 0 Å². The monoisotopic (exact) mass is 348 g/mol. The van der Waals surface area contributed by atoms with E-state index >= 15 is 0 Å². The van der Waals surface area contributed by atoms with Gasteiger partial charge in [0.05, 0.1) is 31.5 Å². The highest BCUT2D eigenvalue weighted by molar-refractivity contribution is 5.13. The summed E-state index contributed by atoms with van der Waals surface area (Å²) < 4.78 is 18.1. The van der Waals surface area contributed by atoms with E-state index in [9.17, 15) is 10.2 Å². The lowest BCUT2D eigenvalue weighted by atomic mass is 9.94. The van der Waals surface area contributed by atoms with Crippen LogP contribution in [0, 0.1) is 5.92 Å². The van der Waals surface area contributed by atoms with Crippen LogP contribution in [0.4, 0.5) is 0 Å². The van der Waals surface area contributed by atoms with Crippen molar-refractivity contribution in [2.75, 3.05) is 6.61 Å². The Balaban J connectivity index is 1.36. The van der Waals surface area contributed by atoms with Gasteiger partial charge in [0.15, 0.2) is 5.79 Å². The van der Waals surface area contributed by atoms with Crippen LogP contribution in [-0.2, 0) is 20.8 Å². The van der Waals surface area contributed by atoms with Gasteiger partial charge in [-0.3, -0.25) is 0 Å². The Morgan fingerprint density at radius 1 is 1.08 bits per heavy atom. The van der Waals surface area contributed by atoms with Gasteiger partial charge in [-0.1, -0.05) is 36.8 Å². The molecular weight excluding hydrogens is 320 g/mol. The molecule has 2 aliphatic carbocycles. The zero-order valence-electron chi connectivity index (χ0n) is 14.5. The van der Waals surface area contributed by atoms with Crippen LogP contribution in [0.25, 0.3) is 0 Å². The van der Waals surface area contributed by atoms with E-state index < -0.39 is 24.1 Å². The summed E-state index contributed by atoms with van der Waals surface area (Å²) in [6.45, 7) is 0.887. The maximum absolute atomic E-state index is 10.7. The molecule has 5 atom stereocenters. The summed E-state index contributed by atoms with van der Waals surface area (Å²) in [5.74, 6) is -0.589. The molecule has 0 radical (unpaired) electrons. The molecule has 1 saturated heterocycles. The van der Waals surface area contributed by atoms with Gasteiger partial charge in [-0.2, -0.15) is 0 Å².